The average molecular weight is 580 g/mol. The molecule has 11 heteroatoms. The molecule has 0 spiro atoms. The molecular formula is C30H41N7O3S. The monoisotopic (exact) mass is 579 g/mol. The summed E-state index contributed by atoms with van der Waals surface area (Å²) in [4.78, 5) is 12.9. The van der Waals surface area contributed by atoms with Crippen LogP contribution in [-0.4, -0.2) is 60.0 Å². The number of aliphatic hydroxyl groups excluding tert-OH is 1. The van der Waals surface area contributed by atoms with Crippen LogP contribution < -0.4 is 16.0 Å². The van der Waals surface area contributed by atoms with Crippen molar-refractivity contribution in [3.05, 3.63) is 35.7 Å². The molecule has 0 aromatic carbocycles. The van der Waals surface area contributed by atoms with E-state index in [0.29, 0.717) is 46.7 Å². The van der Waals surface area contributed by atoms with E-state index < -0.39 is 9.84 Å². The van der Waals surface area contributed by atoms with Crippen LogP contribution in [0.15, 0.2) is 29.6 Å². The molecule has 5 atom stereocenters. The van der Waals surface area contributed by atoms with E-state index in [1.807, 2.05) is 0 Å². The zero-order valence-corrected chi connectivity index (χ0v) is 24.5. The van der Waals surface area contributed by atoms with Gasteiger partial charge in [0.1, 0.15) is 17.5 Å². The molecule has 5 fully saturated rings. The Balaban J connectivity index is 1.09. The van der Waals surface area contributed by atoms with E-state index in [9.17, 15) is 18.8 Å². The number of aromatic nitrogens is 3. The van der Waals surface area contributed by atoms with Crippen LogP contribution in [0.4, 0.5) is 11.8 Å². The summed E-state index contributed by atoms with van der Waals surface area (Å²) in [6, 6.07) is 6.22. The largest absolute Gasteiger partial charge is 0.393 e. The lowest BCUT2D eigenvalue weighted by Crippen LogP contribution is -2.60. The molecule has 1 unspecified atom stereocenters. The van der Waals surface area contributed by atoms with Gasteiger partial charge in [0.15, 0.2) is 14.9 Å². The van der Waals surface area contributed by atoms with Gasteiger partial charge in [0.05, 0.1) is 12.3 Å². The molecule has 2 aromatic rings. The fraction of sp³-hybridized carbons (Fsp3) is 0.667. The standard InChI is InChI=1S/C30H41N7O3S/c1-41(39,40)28-21(3-2-8-32-28)16-34-29-35-17-24(14-31)27(37-29)36-18-30-11-20-9-22(12-30)26(23(10-20)13-30)33-15-19-4-6-25(38)7-5-19/h2-3,8,17,19-20,22-23,25-26,33,38H,4-7,9-13,15-16,18H2,1H3,(H2,34,35,36,37)/t19-,20?,22-,23+,25-,26-,30-. The lowest BCUT2D eigenvalue weighted by Gasteiger charge is -2.60. The summed E-state index contributed by atoms with van der Waals surface area (Å²) in [7, 11) is -3.46. The molecule has 0 radical (unpaired) electrons. The fourth-order valence-corrected chi connectivity index (χ4v) is 9.28. The number of hydrogen-bond acceptors (Lipinski definition) is 10. The molecule has 2 heterocycles. The van der Waals surface area contributed by atoms with Crippen LogP contribution in [-0.2, 0) is 16.4 Å². The Labute approximate surface area is 242 Å². The summed E-state index contributed by atoms with van der Waals surface area (Å²) in [6.07, 6.45) is 14.4. The molecular weight excluding hydrogens is 538 g/mol. The zero-order chi connectivity index (χ0) is 28.6. The maximum Gasteiger partial charge on any atom is 0.224 e. The van der Waals surface area contributed by atoms with Crippen molar-refractivity contribution in [1.29, 1.82) is 5.26 Å². The Kier molecular flexibility index (Phi) is 7.92. The van der Waals surface area contributed by atoms with Crippen LogP contribution in [0.2, 0.25) is 0 Å². The van der Waals surface area contributed by atoms with E-state index >= 15 is 0 Å². The van der Waals surface area contributed by atoms with Gasteiger partial charge in [0, 0.05) is 37.1 Å². The predicted octanol–water partition coefficient (Wildman–Crippen LogP) is 3.51. The van der Waals surface area contributed by atoms with E-state index in [4.69, 9.17) is 0 Å². The number of rotatable bonds is 10. The van der Waals surface area contributed by atoms with Gasteiger partial charge in [0.25, 0.3) is 0 Å². The SMILES string of the molecule is CS(=O)(=O)c1ncccc1CNc1ncc(C#N)c(NC[C@]23CC4C[C@H](C2)[C@@H](NC[C@H]2CC[C@H](O)CC2)[C@@H](C4)C3)n1. The van der Waals surface area contributed by atoms with Gasteiger partial charge in [0.2, 0.25) is 5.95 Å². The summed E-state index contributed by atoms with van der Waals surface area (Å²) in [5.41, 5.74) is 1.15. The van der Waals surface area contributed by atoms with Gasteiger partial charge in [-0.2, -0.15) is 10.2 Å². The first-order chi connectivity index (χ1) is 19.7. The molecule has 220 valence electrons. The number of anilines is 2. The average Bonchev–Trinajstić information content (AvgIpc) is 2.95. The van der Waals surface area contributed by atoms with Crippen molar-refractivity contribution >= 4 is 21.6 Å². The summed E-state index contributed by atoms with van der Waals surface area (Å²) in [5, 5.41) is 30.3. The molecule has 0 aliphatic heterocycles. The molecule has 5 saturated carbocycles. The number of hydrogen-bond donors (Lipinski definition) is 4. The summed E-state index contributed by atoms with van der Waals surface area (Å²) < 4.78 is 24.2. The van der Waals surface area contributed by atoms with Crippen molar-refractivity contribution in [2.45, 2.75) is 81.5 Å². The maximum atomic E-state index is 12.1. The topological polar surface area (TPSA) is 153 Å². The van der Waals surface area contributed by atoms with Crippen LogP contribution in [0.25, 0.3) is 0 Å². The van der Waals surface area contributed by atoms with Crippen LogP contribution in [0, 0.1) is 40.4 Å². The van der Waals surface area contributed by atoms with Gasteiger partial charge < -0.3 is 21.1 Å². The molecule has 5 aliphatic rings. The quantitative estimate of drug-likeness (QED) is 0.329. The molecule has 41 heavy (non-hydrogen) atoms. The molecule has 7 rings (SSSR count). The van der Waals surface area contributed by atoms with Crippen LogP contribution in [0.3, 0.4) is 0 Å². The lowest BCUT2D eigenvalue weighted by molar-refractivity contribution is -0.0705. The van der Waals surface area contributed by atoms with E-state index in [1.165, 1.54) is 44.5 Å². The van der Waals surface area contributed by atoms with Crippen molar-refractivity contribution < 1.29 is 13.5 Å². The third kappa shape index (κ3) is 6.20. The van der Waals surface area contributed by atoms with Gasteiger partial charge in [-0.25, -0.2) is 18.4 Å². The number of nitrogens with one attached hydrogen (secondary N) is 3. The number of nitrogens with zero attached hydrogens (tertiary/aromatic N) is 4. The molecule has 0 saturated heterocycles. The first-order valence-corrected chi connectivity index (χ1v) is 16.9. The minimum absolute atomic E-state index is 0.0339. The highest BCUT2D eigenvalue weighted by atomic mass is 32.2. The van der Waals surface area contributed by atoms with Gasteiger partial charge in [-0.05, 0) is 99.5 Å². The maximum absolute atomic E-state index is 12.1. The highest BCUT2D eigenvalue weighted by molar-refractivity contribution is 7.90. The van der Waals surface area contributed by atoms with Crippen LogP contribution in [0.1, 0.15) is 68.9 Å². The van der Waals surface area contributed by atoms with Gasteiger partial charge in [-0.3, -0.25) is 0 Å². The number of pyridine rings is 1. The van der Waals surface area contributed by atoms with E-state index in [0.717, 1.165) is 50.9 Å². The number of aliphatic hydroxyl groups is 1. The van der Waals surface area contributed by atoms with Crippen molar-refractivity contribution in [2.75, 3.05) is 30.0 Å². The Morgan fingerprint density at radius 2 is 1.85 bits per heavy atom. The normalized spacial score (nSPS) is 32.4. The molecule has 2 aromatic heterocycles. The second-order valence-electron chi connectivity index (χ2n) is 13.1. The highest BCUT2D eigenvalue weighted by Gasteiger charge is 2.55. The van der Waals surface area contributed by atoms with Crippen LogP contribution >= 0.6 is 0 Å². The third-order valence-electron chi connectivity index (χ3n) is 10.0. The predicted molar refractivity (Wildman–Crippen MR) is 156 cm³/mol. The van der Waals surface area contributed by atoms with Crippen molar-refractivity contribution in [3.8, 4) is 6.07 Å². The van der Waals surface area contributed by atoms with Crippen molar-refractivity contribution in [3.63, 3.8) is 0 Å². The molecule has 4 bridgehead atoms. The summed E-state index contributed by atoms with van der Waals surface area (Å²) in [6.45, 7) is 2.06. The molecule has 5 aliphatic carbocycles. The minimum Gasteiger partial charge on any atom is -0.393 e. The van der Waals surface area contributed by atoms with Gasteiger partial charge in [-0.1, -0.05) is 6.07 Å². The first kappa shape index (κ1) is 28.3. The van der Waals surface area contributed by atoms with E-state index in [-0.39, 0.29) is 23.1 Å². The fourth-order valence-electron chi connectivity index (χ4n) is 8.42. The second-order valence-corrected chi connectivity index (χ2v) is 15.0. The van der Waals surface area contributed by atoms with Crippen molar-refractivity contribution in [2.24, 2.45) is 29.1 Å². The number of nitriles is 1. The smallest absolute Gasteiger partial charge is 0.224 e. The number of sulfone groups is 1. The van der Waals surface area contributed by atoms with Crippen LogP contribution in [0.5, 0.6) is 0 Å². The minimum atomic E-state index is -3.46. The molecule has 0 amide bonds. The Bertz CT molecular complexity index is 1390. The molecule has 10 nitrogen and oxygen atoms in total. The second kappa shape index (κ2) is 11.5. The Morgan fingerprint density at radius 1 is 1.10 bits per heavy atom. The highest BCUT2D eigenvalue weighted by Crippen LogP contribution is 2.60. The molecule has 4 N–H and O–H groups in total. The van der Waals surface area contributed by atoms with Gasteiger partial charge >= 0.3 is 0 Å². The van der Waals surface area contributed by atoms with Crippen molar-refractivity contribution in [1.82, 2.24) is 20.3 Å². The lowest BCUT2D eigenvalue weighted by atomic mass is 9.48. The van der Waals surface area contributed by atoms with E-state index in [1.54, 1.807) is 12.1 Å². The first-order valence-electron chi connectivity index (χ1n) is 15.0. The zero-order valence-electron chi connectivity index (χ0n) is 23.7. The Hall–Kier alpha value is -2.81. The summed E-state index contributed by atoms with van der Waals surface area (Å²) in [5.74, 6) is 3.70. The summed E-state index contributed by atoms with van der Waals surface area (Å²) >= 11 is 0. The van der Waals surface area contributed by atoms with E-state index in [2.05, 4.69) is 37.0 Å². The van der Waals surface area contributed by atoms with Gasteiger partial charge in [-0.15, -0.1) is 0 Å². The Morgan fingerprint density at radius 3 is 2.56 bits per heavy atom. The third-order valence-corrected chi connectivity index (χ3v) is 11.1.